The molecule has 64 heavy (non-hydrogen) atoms. The van der Waals surface area contributed by atoms with Crippen LogP contribution in [0.5, 0.6) is 0 Å². The summed E-state index contributed by atoms with van der Waals surface area (Å²) in [4.78, 5) is 38.0. The van der Waals surface area contributed by atoms with Gasteiger partial charge in [0.25, 0.3) is 0 Å². The Morgan fingerprint density at radius 3 is 1.14 bits per heavy atom. The van der Waals surface area contributed by atoms with Crippen molar-refractivity contribution in [1.82, 2.24) is 0 Å². The maximum absolute atomic E-state index is 12.8. The van der Waals surface area contributed by atoms with Gasteiger partial charge in [0.1, 0.15) is 13.2 Å². The van der Waals surface area contributed by atoms with E-state index >= 15 is 0 Å². The molecule has 0 aliphatic carbocycles. The van der Waals surface area contributed by atoms with Crippen molar-refractivity contribution in [2.24, 2.45) is 0 Å². The van der Waals surface area contributed by atoms with Crippen molar-refractivity contribution in [1.29, 1.82) is 0 Å². The third-order valence-corrected chi connectivity index (χ3v) is 11.5. The summed E-state index contributed by atoms with van der Waals surface area (Å²) >= 11 is 0. The molecule has 0 aliphatic heterocycles. The van der Waals surface area contributed by atoms with E-state index in [1.54, 1.807) is 0 Å². The predicted molar refractivity (Wildman–Crippen MR) is 274 cm³/mol. The Bertz CT molecular complexity index is 1210. The Kier molecular flexibility index (Phi) is 49.9. The second kappa shape index (κ2) is 52.5. The second-order valence-corrected chi connectivity index (χ2v) is 17.8. The minimum atomic E-state index is -0.802. The smallest absolute Gasteiger partial charge is 0.306 e. The number of carbonyl (C=O) groups excluding carboxylic acids is 3. The summed E-state index contributed by atoms with van der Waals surface area (Å²) in [5.41, 5.74) is 0. The summed E-state index contributed by atoms with van der Waals surface area (Å²) < 4.78 is 16.8. The molecule has 0 radical (unpaired) electrons. The van der Waals surface area contributed by atoms with E-state index in [9.17, 15) is 14.4 Å². The van der Waals surface area contributed by atoms with Crippen LogP contribution in [0.15, 0.2) is 72.9 Å². The van der Waals surface area contributed by atoms with Crippen LogP contribution in [0.4, 0.5) is 0 Å². The van der Waals surface area contributed by atoms with Gasteiger partial charge in [-0.05, 0) is 70.6 Å². The number of esters is 3. The zero-order chi connectivity index (χ0) is 46.5. The highest BCUT2D eigenvalue weighted by Gasteiger charge is 2.19. The average Bonchev–Trinajstić information content (AvgIpc) is 3.29. The van der Waals surface area contributed by atoms with Gasteiger partial charge in [-0.2, -0.15) is 0 Å². The fraction of sp³-hybridized carbons (Fsp3) is 0.741. The summed E-state index contributed by atoms with van der Waals surface area (Å²) in [5, 5.41) is 0. The molecule has 6 heteroatoms. The van der Waals surface area contributed by atoms with Gasteiger partial charge in [0.15, 0.2) is 6.10 Å². The van der Waals surface area contributed by atoms with Gasteiger partial charge >= 0.3 is 17.9 Å². The highest BCUT2D eigenvalue weighted by Crippen LogP contribution is 2.15. The molecule has 0 heterocycles. The number of unbranched alkanes of at least 4 members (excludes halogenated alkanes) is 27. The summed E-state index contributed by atoms with van der Waals surface area (Å²) in [6.07, 6.45) is 66.1. The normalized spacial score (nSPS) is 12.6. The summed E-state index contributed by atoms with van der Waals surface area (Å²) in [7, 11) is 0. The molecule has 1 atom stereocenters. The van der Waals surface area contributed by atoms with Gasteiger partial charge in [0.05, 0.1) is 0 Å². The lowest BCUT2D eigenvalue weighted by molar-refractivity contribution is -0.167. The van der Waals surface area contributed by atoms with E-state index < -0.39 is 6.10 Å². The summed E-state index contributed by atoms with van der Waals surface area (Å²) in [6, 6.07) is 0. The molecular weight excluding hydrogens is 793 g/mol. The minimum Gasteiger partial charge on any atom is -0.462 e. The van der Waals surface area contributed by atoms with E-state index in [0.717, 1.165) is 83.5 Å². The molecule has 0 fully saturated rings. The van der Waals surface area contributed by atoms with E-state index in [1.165, 1.54) is 128 Å². The van der Waals surface area contributed by atoms with Crippen molar-refractivity contribution >= 4 is 17.9 Å². The fourth-order valence-corrected chi connectivity index (χ4v) is 7.46. The van der Waals surface area contributed by atoms with Gasteiger partial charge in [0.2, 0.25) is 0 Å². The molecule has 0 N–H and O–H groups in total. The second-order valence-electron chi connectivity index (χ2n) is 17.8. The van der Waals surface area contributed by atoms with Gasteiger partial charge in [-0.3, -0.25) is 14.4 Å². The average molecular weight is 893 g/mol. The van der Waals surface area contributed by atoms with Crippen molar-refractivity contribution in [3.8, 4) is 0 Å². The first-order valence-corrected chi connectivity index (χ1v) is 27.0. The Morgan fingerprint density at radius 1 is 0.344 bits per heavy atom. The van der Waals surface area contributed by atoms with Crippen molar-refractivity contribution < 1.29 is 28.6 Å². The Morgan fingerprint density at radius 2 is 0.688 bits per heavy atom. The van der Waals surface area contributed by atoms with Crippen LogP contribution in [0.1, 0.15) is 258 Å². The van der Waals surface area contributed by atoms with E-state index in [2.05, 4.69) is 93.7 Å². The number of hydrogen-bond donors (Lipinski definition) is 0. The van der Waals surface area contributed by atoms with E-state index in [4.69, 9.17) is 14.2 Å². The maximum atomic E-state index is 12.8. The highest BCUT2D eigenvalue weighted by molar-refractivity contribution is 5.71. The third kappa shape index (κ3) is 49.9. The van der Waals surface area contributed by atoms with Crippen LogP contribution in [0.25, 0.3) is 0 Å². The van der Waals surface area contributed by atoms with Gasteiger partial charge in [-0.1, -0.05) is 241 Å². The number of ether oxygens (including phenoxy) is 3. The van der Waals surface area contributed by atoms with Crippen molar-refractivity contribution in [2.45, 2.75) is 264 Å². The van der Waals surface area contributed by atoms with Crippen LogP contribution in [0.2, 0.25) is 0 Å². The highest BCUT2D eigenvalue weighted by atomic mass is 16.6. The largest absolute Gasteiger partial charge is 0.462 e. The number of carbonyl (C=O) groups is 3. The molecule has 0 aromatic rings. The molecule has 0 bridgehead atoms. The standard InChI is InChI=1S/C58H100O6/c1-4-7-10-13-16-19-22-25-27-29-31-33-36-39-42-45-48-51-57(60)63-54-55(53-62-56(59)50-47-44-41-38-35-32-24-21-18-15-12-9-6-3)64-58(61)52-49-46-43-40-37-34-30-28-26-23-20-17-14-11-8-5-2/h9,12,15,18,21,24-25,27,31,33,39,42,55H,4-8,10-11,13-14,16-17,19-20,22-23,26,28-30,32,34-38,40-41,43-54H2,1-3H3/b12-9+,18-15+,24-21+,27-25+,33-31+,42-39+. The Labute approximate surface area is 395 Å². The van der Waals surface area contributed by atoms with Crippen LogP contribution < -0.4 is 0 Å². The Balaban J connectivity index is 4.46. The van der Waals surface area contributed by atoms with Crippen molar-refractivity contribution in [2.75, 3.05) is 13.2 Å². The lowest BCUT2D eigenvalue weighted by atomic mass is 10.0. The first-order chi connectivity index (χ1) is 31.5. The molecule has 0 spiro atoms. The van der Waals surface area contributed by atoms with E-state index in [-0.39, 0.29) is 37.5 Å². The SMILES string of the molecule is CC/C=C/C=C/C=C/CCCCCCCC(=O)OCC(COC(=O)CCC/C=C/C/C=C/C/C=C/CCCCCCCC)OC(=O)CCCCCCCCCCCCCCCCCC. The molecule has 0 saturated heterocycles. The van der Waals surface area contributed by atoms with Gasteiger partial charge in [-0.15, -0.1) is 0 Å². The van der Waals surface area contributed by atoms with E-state index in [1.807, 2.05) is 0 Å². The third-order valence-electron chi connectivity index (χ3n) is 11.5. The van der Waals surface area contributed by atoms with E-state index in [0.29, 0.717) is 19.3 Å². The van der Waals surface area contributed by atoms with Crippen LogP contribution in [0, 0.1) is 0 Å². The number of rotatable bonds is 48. The number of hydrogen-bond acceptors (Lipinski definition) is 6. The zero-order valence-electron chi connectivity index (χ0n) is 42.0. The molecule has 368 valence electrons. The zero-order valence-corrected chi connectivity index (χ0v) is 42.0. The van der Waals surface area contributed by atoms with Gasteiger partial charge in [0, 0.05) is 19.3 Å². The first-order valence-electron chi connectivity index (χ1n) is 27.0. The summed E-state index contributed by atoms with van der Waals surface area (Å²) in [5.74, 6) is -0.967. The molecule has 0 saturated carbocycles. The maximum Gasteiger partial charge on any atom is 0.306 e. The minimum absolute atomic E-state index is 0.100. The van der Waals surface area contributed by atoms with Crippen molar-refractivity contribution in [3.63, 3.8) is 0 Å². The molecular formula is C58H100O6. The molecule has 0 rings (SSSR count). The lowest BCUT2D eigenvalue weighted by Crippen LogP contribution is -2.30. The lowest BCUT2D eigenvalue weighted by Gasteiger charge is -2.18. The van der Waals surface area contributed by atoms with Crippen LogP contribution in [0.3, 0.4) is 0 Å². The molecule has 1 unspecified atom stereocenters. The number of allylic oxidation sites excluding steroid dienone is 12. The predicted octanol–water partition coefficient (Wildman–Crippen LogP) is 17.8. The van der Waals surface area contributed by atoms with Crippen LogP contribution >= 0.6 is 0 Å². The van der Waals surface area contributed by atoms with Crippen LogP contribution in [-0.2, 0) is 28.6 Å². The fourth-order valence-electron chi connectivity index (χ4n) is 7.46. The molecule has 6 nitrogen and oxygen atoms in total. The molecule has 0 aromatic heterocycles. The summed E-state index contributed by atoms with van der Waals surface area (Å²) in [6.45, 7) is 6.45. The quantitative estimate of drug-likeness (QED) is 0.0199. The monoisotopic (exact) mass is 893 g/mol. The first kappa shape index (κ1) is 60.9. The van der Waals surface area contributed by atoms with Gasteiger partial charge in [-0.25, -0.2) is 0 Å². The van der Waals surface area contributed by atoms with Crippen LogP contribution in [-0.4, -0.2) is 37.2 Å². The van der Waals surface area contributed by atoms with Crippen molar-refractivity contribution in [3.05, 3.63) is 72.9 Å². The molecule has 0 aliphatic rings. The molecule has 0 aromatic carbocycles. The Hall–Kier alpha value is -3.15. The molecule has 0 amide bonds. The topological polar surface area (TPSA) is 78.9 Å². The van der Waals surface area contributed by atoms with Gasteiger partial charge < -0.3 is 14.2 Å².